The highest BCUT2D eigenvalue weighted by Gasteiger charge is 2.21. The minimum absolute atomic E-state index is 0.0219. The first-order valence-corrected chi connectivity index (χ1v) is 9.31. The minimum atomic E-state index is -0.520. The minimum Gasteiger partial charge on any atom is -0.377 e. The van der Waals surface area contributed by atoms with Gasteiger partial charge in [0.05, 0.1) is 6.61 Å². The molecular weight excluding hydrogens is 316 g/mol. The Morgan fingerprint density at radius 2 is 1.88 bits per heavy atom. The van der Waals surface area contributed by atoms with Crippen LogP contribution in [-0.2, 0) is 27.5 Å². The largest absolute Gasteiger partial charge is 0.377 e. The van der Waals surface area contributed by atoms with Crippen LogP contribution in [0.3, 0.4) is 0 Å². The van der Waals surface area contributed by atoms with Gasteiger partial charge in [-0.25, -0.2) is 0 Å². The van der Waals surface area contributed by atoms with Crippen molar-refractivity contribution >= 4 is 11.8 Å². The lowest BCUT2D eigenvalue weighted by Crippen LogP contribution is -2.44. The molecule has 2 rings (SSSR count). The first kappa shape index (κ1) is 19.4. The highest BCUT2D eigenvalue weighted by atomic mass is 16.5. The molecule has 0 heterocycles. The van der Waals surface area contributed by atoms with E-state index in [4.69, 9.17) is 4.74 Å². The molecule has 1 atom stereocenters. The fourth-order valence-electron chi connectivity index (χ4n) is 3.26. The molecule has 0 aromatic heterocycles. The Balaban J connectivity index is 1.78. The Labute approximate surface area is 150 Å². The van der Waals surface area contributed by atoms with Gasteiger partial charge in [-0.3, -0.25) is 9.59 Å². The van der Waals surface area contributed by atoms with Crippen LogP contribution in [0.5, 0.6) is 0 Å². The van der Waals surface area contributed by atoms with E-state index in [0.29, 0.717) is 32.1 Å². The van der Waals surface area contributed by atoms with Gasteiger partial charge in [-0.2, -0.15) is 0 Å². The molecule has 1 aromatic rings. The van der Waals surface area contributed by atoms with Crippen LogP contribution in [0.4, 0.5) is 0 Å². The van der Waals surface area contributed by atoms with Gasteiger partial charge in [0.1, 0.15) is 6.04 Å². The van der Waals surface area contributed by atoms with E-state index in [1.54, 1.807) is 6.92 Å². The molecule has 0 aliphatic heterocycles. The monoisotopic (exact) mass is 346 g/mol. The number of ether oxygens (including phenoxy) is 1. The van der Waals surface area contributed by atoms with Gasteiger partial charge in [0.25, 0.3) is 0 Å². The molecule has 138 valence electrons. The highest BCUT2D eigenvalue weighted by molar-refractivity contribution is 5.87. The molecule has 1 aliphatic rings. The fourth-order valence-corrected chi connectivity index (χ4v) is 3.26. The van der Waals surface area contributed by atoms with Crippen molar-refractivity contribution in [2.45, 2.75) is 65.1 Å². The van der Waals surface area contributed by atoms with Crippen LogP contribution in [0.25, 0.3) is 0 Å². The van der Waals surface area contributed by atoms with Gasteiger partial charge in [-0.05, 0) is 43.7 Å². The number of benzene rings is 1. The number of nitrogens with one attached hydrogen (secondary N) is 2. The topological polar surface area (TPSA) is 67.4 Å². The van der Waals surface area contributed by atoms with E-state index in [1.165, 1.54) is 12.8 Å². The Hall–Kier alpha value is -1.88. The lowest BCUT2D eigenvalue weighted by Gasteiger charge is -2.16. The Morgan fingerprint density at radius 1 is 1.20 bits per heavy atom. The third-order valence-corrected chi connectivity index (χ3v) is 4.75. The third-order valence-electron chi connectivity index (χ3n) is 4.75. The maximum atomic E-state index is 12.3. The number of hydrogen-bond acceptors (Lipinski definition) is 3. The summed E-state index contributed by atoms with van der Waals surface area (Å²) in [4.78, 5) is 24.3. The van der Waals surface area contributed by atoms with Gasteiger partial charge in [-0.15, -0.1) is 0 Å². The van der Waals surface area contributed by atoms with Gasteiger partial charge in [0, 0.05) is 19.6 Å². The number of amides is 2. The zero-order valence-electron chi connectivity index (χ0n) is 15.3. The second-order valence-electron chi connectivity index (χ2n) is 6.77. The fraction of sp³-hybridized carbons (Fsp3) is 0.600. The molecule has 0 unspecified atom stereocenters. The van der Waals surface area contributed by atoms with Crippen molar-refractivity contribution < 1.29 is 14.3 Å². The summed E-state index contributed by atoms with van der Waals surface area (Å²) in [6.07, 6.45) is 5.23. The van der Waals surface area contributed by atoms with Crippen LogP contribution in [0, 0.1) is 5.92 Å². The van der Waals surface area contributed by atoms with Crippen molar-refractivity contribution in [2.75, 3.05) is 6.61 Å². The molecule has 1 saturated carbocycles. The SMILES string of the molecule is CCOCc1ccccc1CNC(=O)[C@H](C)NC(=O)CC1CCCC1. The summed E-state index contributed by atoms with van der Waals surface area (Å²) >= 11 is 0. The van der Waals surface area contributed by atoms with E-state index in [1.807, 2.05) is 31.2 Å². The summed E-state index contributed by atoms with van der Waals surface area (Å²) in [5.74, 6) is 0.304. The first-order valence-electron chi connectivity index (χ1n) is 9.31. The van der Waals surface area contributed by atoms with Crippen LogP contribution in [-0.4, -0.2) is 24.5 Å². The number of carbonyl (C=O) groups is 2. The van der Waals surface area contributed by atoms with Crippen LogP contribution < -0.4 is 10.6 Å². The standard InChI is InChI=1S/C20H30N2O3/c1-3-25-14-18-11-7-6-10-17(18)13-21-20(24)15(2)22-19(23)12-16-8-4-5-9-16/h6-7,10-11,15-16H,3-5,8-9,12-14H2,1-2H3,(H,21,24)(H,22,23)/t15-/m0/s1. The van der Waals surface area contributed by atoms with Crippen molar-refractivity contribution in [2.24, 2.45) is 5.92 Å². The summed E-state index contributed by atoms with van der Waals surface area (Å²) in [6, 6.07) is 7.38. The molecule has 5 heteroatoms. The van der Waals surface area contributed by atoms with E-state index in [2.05, 4.69) is 10.6 Å². The van der Waals surface area contributed by atoms with E-state index in [0.717, 1.165) is 24.0 Å². The molecule has 0 bridgehead atoms. The second kappa shape index (κ2) is 10.2. The Bertz CT molecular complexity index is 568. The van der Waals surface area contributed by atoms with Gasteiger partial charge in [0.15, 0.2) is 0 Å². The predicted molar refractivity (Wildman–Crippen MR) is 97.8 cm³/mol. The van der Waals surface area contributed by atoms with Gasteiger partial charge >= 0.3 is 0 Å². The molecule has 1 aliphatic carbocycles. The van der Waals surface area contributed by atoms with Crippen LogP contribution in [0.1, 0.15) is 57.1 Å². The van der Waals surface area contributed by atoms with E-state index >= 15 is 0 Å². The first-order chi connectivity index (χ1) is 12.1. The Kier molecular flexibility index (Phi) is 7.92. The lowest BCUT2D eigenvalue weighted by molar-refractivity contribution is -0.129. The summed E-state index contributed by atoms with van der Waals surface area (Å²) in [5, 5.41) is 5.72. The quantitative estimate of drug-likeness (QED) is 0.722. The number of rotatable bonds is 9. The summed E-state index contributed by atoms with van der Waals surface area (Å²) in [7, 11) is 0. The number of carbonyl (C=O) groups excluding carboxylic acids is 2. The van der Waals surface area contributed by atoms with Crippen molar-refractivity contribution in [3.63, 3.8) is 0 Å². The highest BCUT2D eigenvalue weighted by Crippen LogP contribution is 2.27. The van der Waals surface area contributed by atoms with Gasteiger partial charge < -0.3 is 15.4 Å². The molecule has 0 spiro atoms. The second-order valence-corrected chi connectivity index (χ2v) is 6.77. The van der Waals surface area contributed by atoms with Crippen molar-refractivity contribution in [3.8, 4) is 0 Å². The van der Waals surface area contributed by atoms with Gasteiger partial charge in [0.2, 0.25) is 11.8 Å². The molecule has 5 nitrogen and oxygen atoms in total. The average Bonchev–Trinajstić information content (AvgIpc) is 3.11. The molecule has 25 heavy (non-hydrogen) atoms. The predicted octanol–water partition coefficient (Wildman–Crippen LogP) is 2.92. The average molecular weight is 346 g/mol. The summed E-state index contributed by atoms with van der Waals surface area (Å²) in [6.45, 7) is 5.32. The summed E-state index contributed by atoms with van der Waals surface area (Å²) in [5.41, 5.74) is 2.11. The van der Waals surface area contributed by atoms with Crippen molar-refractivity contribution in [1.29, 1.82) is 0 Å². The zero-order chi connectivity index (χ0) is 18.1. The molecule has 2 amide bonds. The molecule has 0 radical (unpaired) electrons. The third kappa shape index (κ3) is 6.50. The summed E-state index contributed by atoms with van der Waals surface area (Å²) < 4.78 is 5.46. The zero-order valence-corrected chi connectivity index (χ0v) is 15.3. The molecule has 1 fully saturated rings. The van der Waals surface area contributed by atoms with Crippen LogP contribution in [0.15, 0.2) is 24.3 Å². The molecule has 2 N–H and O–H groups in total. The maximum Gasteiger partial charge on any atom is 0.242 e. The molecular formula is C20H30N2O3. The van der Waals surface area contributed by atoms with Crippen LogP contribution >= 0.6 is 0 Å². The van der Waals surface area contributed by atoms with Crippen LogP contribution in [0.2, 0.25) is 0 Å². The molecule has 1 aromatic carbocycles. The molecule has 0 saturated heterocycles. The van der Waals surface area contributed by atoms with Gasteiger partial charge in [-0.1, -0.05) is 37.1 Å². The smallest absolute Gasteiger partial charge is 0.242 e. The maximum absolute atomic E-state index is 12.3. The van der Waals surface area contributed by atoms with Crippen molar-refractivity contribution in [3.05, 3.63) is 35.4 Å². The van der Waals surface area contributed by atoms with E-state index in [9.17, 15) is 9.59 Å². The van der Waals surface area contributed by atoms with E-state index < -0.39 is 6.04 Å². The van der Waals surface area contributed by atoms with Crippen molar-refractivity contribution in [1.82, 2.24) is 10.6 Å². The number of hydrogen-bond donors (Lipinski definition) is 2. The lowest BCUT2D eigenvalue weighted by atomic mass is 10.0. The normalized spacial score (nSPS) is 15.8. The van der Waals surface area contributed by atoms with E-state index in [-0.39, 0.29) is 11.8 Å². The Morgan fingerprint density at radius 3 is 2.56 bits per heavy atom.